The van der Waals surface area contributed by atoms with Crippen LogP contribution in [0, 0.1) is 0 Å². The highest BCUT2D eigenvalue weighted by molar-refractivity contribution is 7.14. The minimum absolute atomic E-state index is 0.120. The van der Waals surface area contributed by atoms with Crippen LogP contribution in [0.3, 0.4) is 0 Å². The summed E-state index contributed by atoms with van der Waals surface area (Å²) in [5.74, 6) is 0.898. The molecule has 0 saturated carbocycles. The summed E-state index contributed by atoms with van der Waals surface area (Å²) >= 11 is 1.33. The predicted molar refractivity (Wildman–Crippen MR) is 127 cm³/mol. The van der Waals surface area contributed by atoms with E-state index in [9.17, 15) is 9.59 Å². The van der Waals surface area contributed by atoms with Gasteiger partial charge in [-0.05, 0) is 43.7 Å². The molecule has 0 unspecified atom stereocenters. The molecule has 1 fully saturated rings. The van der Waals surface area contributed by atoms with Crippen molar-refractivity contribution in [2.24, 2.45) is 0 Å². The smallest absolute Gasteiger partial charge is 0.257 e. The topological polar surface area (TPSA) is 96.7 Å². The first kappa shape index (κ1) is 23.2. The molecule has 0 aliphatic carbocycles. The lowest BCUT2D eigenvalue weighted by Crippen LogP contribution is -2.44. The lowest BCUT2D eigenvalue weighted by atomic mass is 10.1. The van der Waals surface area contributed by atoms with E-state index in [1.54, 1.807) is 12.1 Å². The molecule has 174 valence electrons. The van der Waals surface area contributed by atoms with Gasteiger partial charge in [0.25, 0.3) is 5.91 Å². The van der Waals surface area contributed by atoms with Crippen LogP contribution in [-0.2, 0) is 22.6 Å². The molecular weight excluding hydrogens is 440 g/mol. The van der Waals surface area contributed by atoms with Crippen LogP contribution < -0.4 is 10.6 Å². The fourth-order valence-corrected chi connectivity index (χ4v) is 4.56. The number of hydrogen-bond acceptors (Lipinski definition) is 7. The van der Waals surface area contributed by atoms with E-state index in [1.807, 2.05) is 29.6 Å². The molecular formula is C24H28N4O4S. The first-order chi connectivity index (χ1) is 15.9. The molecule has 9 heteroatoms. The molecule has 33 heavy (non-hydrogen) atoms. The first-order valence-corrected chi connectivity index (χ1v) is 11.8. The van der Waals surface area contributed by atoms with Crippen LogP contribution in [-0.4, -0.2) is 47.0 Å². The maximum atomic E-state index is 12.7. The molecule has 4 rings (SSSR count). The zero-order valence-electron chi connectivity index (χ0n) is 19.0. The molecule has 1 aliphatic heterocycles. The highest BCUT2D eigenvalue weighted by Crippen LogP contribution is 2.27. The van der Waals surface area contributed by atoms with Gasteiger partial charge < -0.3 is 14.5 Å². The standard InChI is InChI=1S/C24H28N4O4S/c1-15-11-28(12-16(2)31-15)13-18-4-6-19(7-5-18)23(30)27-24-26-21(14-33-24)22-9-8-20(32-22)10-25-17(3)29/h4-9,14-16H,10-13H2,1-3H3,(H,25,29)(H,26,27,30)/t15-,16-/m0/s1. The number of furan rings is 1. The fraction of sp³-hybridized carbons (Fsp3) is 0.375. The predicted octanol–water partition coefficient (Wildman–Crippen LogP) is 3.90. The van der Waals surface area contributed by atoms with Gasteiger partial charge in [-0.3, -0.25) is 19.8 Å². The molecule has 0 bridgehead atoms. The number of hydrogen-bond donors (Lipinski definition) is 2. The van der Waals surface area contributed by atoms with Crippen molar-refractivity contribution in [2.45, 2.75) is 46.1 Å². The number of benzene rings is 1. The van der Waals surface area contributed by atoms with E-state index in [1.165, 1.54) is 18.3 Å². The van der Waals surface area contributed by atoms with Crippen LogP contribution in [0.5, 0.6) is 0 Å². The lowest BCUT2D eigenvalue weighted by molar-refractivity contribution is -0.119. The van der Waals surface area contributed by atoms with E-state index in [0.717, 1.165) is 25.2 Å². The Bertz CT molecular complexity index is 1100. The van der Waals surface area contributed by atoms with Crippen molar-refractivity contribution in [1.82, 2.24) is 15.2 Å². The first-order valence-electron chi connectivity index (χ1n) is 10.9. The molecule has 1 saturated heterocycles. The van der Waals surface area contributed by atoms with E-state index >= 15 is 0 Å². The number of carbonyl (C=O) groups is 2. The van der Waals surface area contributed by atoms with E-state index in [4.69, 9.17) is 9.15 Å². The Hall–Kier alpha value is -3.01. The van der Waals surface area contributed by atoms with Crippen LogP contribution in [0.2, 0.25) is 0 Å². The molecule has 2 N–H and O–H groups in total. The van der Waals surface area contributed by atoms with Crippen molar-refractivity contribution in [2.75, 3.05) is 18.4 Å². The number of ether oxygens (including phenoxy) is 1. The summed E-state index contributed by atoms with van der Waals surface area (Å²) in [5.41, 5.74) is 2.38. The summed E-state index contributed by atoms with van der Waals surface area (Å²) in [4.78, 5) is 30.5. The van der Waals surface area contributed by atoms with Crippen LogP contribution in [0.25, 0.3) is 11.5 Å². The maximum Gasteiger partial charge on any atom is 0.257 e. The second-order valence-corrected chi connectivity index (χ2v) is 9.17. The second kappa shape index (κ2) is 10.3. The summed E-state index contributed by atoms with van der Waals surface area (Å²) in [6.07, 6.45) is 0.457. The average molecular weight is 469 g/mol. The molecule has 0 spiro atoms. The van der Waals surface area contributed by atoms with Crippen molar-refractivity contribution in [3.63, 3.8) is 0 Å². The summed E-state index contributed by atoms with van der Waals surface area (Å²) in [6.45, 7) is 8.61. The molecule has 3 aromatic rings. The summed E-state index contributed by atoms with van der Waals surface area (Å²) in [7, 11) is 0. The van der Waals surface area contributed by atoms with Crippen molar-refractivity contribution in [3.05, 3.63) is 58.7 Å². The Morgan fingerprint density at radius 2 is 1.85 bits per heavy atom. The van der Waals surface area contributed by atoms with E-state index in [2.05, 4.69) is 34.4 Å². The summed E-state index contributed by atoms with van der Waals surface area (Å²) in [6, 6.07) is 11.3. The van der Waals surface area contributed by atoms with Crippen molar-refractivity contribution in [1.29, 1.82) is 0 Å². The van der Waals surface area contributed by atoms with Crippen molar-refractivity contribution in [3.8, 4) is 11.5 Å². The van der Waals surface area contributed by atoms with Gasteiger partial charge in [-0.1, -0.05) is 12.1 Å². The van der Waals surface area contributed by atoms with Gasteiger partial charge in [-0.2, -0.15) is 0 Å². The molecule has 0 radical (unpaired) electrons. The molecule has 8 nitrogen and oxygen atoms in total. The monoisotopic (exact) mass is 468 g/mol. The Labute approximate surface area is 197 Å². The van der Waals surface area contributed by atoms with Gasteiger partial charge in [0.1, 0.15) is 11.5 Å². The van der Waals surface area contributed by atoms with Crippen LogP contribution >= 0.6 is 11.3 Å². The molecule has 2 atom stereocenters. The number of amides is 2. The zero-order chi connectivity index (χ0) is 23.4. The number of nitrogens with one attached hydrogen (secondary N) is 2. The summed E-state index contributed by atoms with van der Waals surface area (Å²) < 4.78 is 11.5. The Morgan fingerprint density at radius 3 is 2.55 bits per heavy atom. The Morgan fingerprint density at radius 1 is 1.12 bits per heavy atom. The van der Waals surface area contributed by atoms with Gasteiger partial charge >= 0.3 is 0 Å². The third-order valence-electron chi connectivity index (χ3n) is 5.27. The van der Waals surface area contributed by atoms with Gasteiger partial charge in [0.05, 0.1) is 18.8 Å². The van der Waals surface area contributed by atoms with Crippen LogP contribution in [0.15, 0.2) is 46.2 Å². The fourth-order valence-electron chi connectivity index (χ4n) is 3.87. The lowest BCUT2D eigenvalue weighted by Gasteiger charge is -2.35. The van der Waals surface area contributed by atoms with Gasteiger partial charge in [-0.25, -0.2) is 4.98 Å². The number of thiazole rings is 1. The van der Waals surface area contributed by atoms with E-state index in [0.29, 0.717) is 34.5 Å². The number of anilines is 1. The van der Waals surface area contributed by atoms with Crippen molar-refractivity contribution >= 4 is 28.3 Å². The minimum atomic E-state index is -0.207. The molecule has 1 aliphatic rings. The third kappa shape index (κ3) is 6.28. The van der Waals surface area contributed by atoms with Crippen molar-refractivity contribution < 1.29 is 18.7 Å². The van der Waals surface area contributed by atoms with Crippen LogP contribution in [0.4, 0.5) is 5.13 Å². The van der Waals surface area contributed by atoms with E-state index in [-0.39, 0.29) is 24.0 Å². The number of morpholine rings is 1. The van der Waals surface area contributed by atoms with Gasteiger partial charge in [0.15, 0.2) is 10.9 Å². The number of carbonyl (C=O) groups excluding carboxylic acids is 2. The molecule has 1 aromatic carbocycles. The average Bonchev–Trinajstić information content (AvgIpc) is 3.41. The van der Waals surface area contributed by atoms with Crippen LogP contribution in [0.1, 0.15) is 42.5 Å². The number of rotatable bonds is 7. The molecule has 2 aromatic heterocycles. The summed E-state index contributed by atoms with van der Waals surface area (Å²) in [5, 5.41) is 7.86. The highest BCUT2D eigenvalue weighted by atomic mass is 32.1. The minimum Gasteiger partial charge on any atom is -0.458 e. The Kier molecular flexibility index (Phi) is 7.22. The second-order valence-electron chi connectivity index (χ2n) is 8.32. The maximum absolute atomic E-state index is 12.7. The quantitative estimate of drug-likeness (QED) is 0.546. The van der Waals surface area contributed by atoms with Gasteiger partial charge in [0.2, 0.25) is 5.91 Å². The Balaban J connectivity index is 1.33. The normalized spacial score (nSPS) is 18.8. The van der Waals surface area contributed by atoms with E-state index < -0.39 is 0 Å². The number of aromatic nitrogens is 1. The molecule has 3 heterocycles. The van der Waals surface area contributed by atoms with Gasteiger partial charge in [-0.15, -0.1) is 11.3 Å². The third-order valence-corrected chi connectivity index (χ3v) is 6.03. The molecule has 2 amide bonds. The SMILES string of the molecule is CC(=O)NCc1ccc(-c2csc(NC(=O)c3ccc(CN4C[C@H](C)O[C@@H](C)C4)cc3)n2)o1. The zero-order valence-corrected chi connectivity index (χ0v) is 19.8. The largest absolute Gasteiger partial charge is 0.458 e. The highest BCUT2D eigenvalue weighted by Gasteiger charge is 2.22. The van der Waals surface area contributed by atoms with Gasteiger partial charge in [0, 0.05) is 37.5 Å². The number of nitrogens with zero attached hydrogens (tertiary/aromatic N) is 2.